The summed E-state index contributed by atoms with van der Waals surface area (Å²) in [6.07, 6.45) is 2.23. The first-order chi connectivity index (χ1) is 12.7. The molecule has 2 nitrogen and oxygen atoms in total. The Morgan fingerprint density at radius 3 is 2.07 bits per heavy atom. The zero-order valence-corrected chi connectivity index (χ0v) is 20.8. The molecule has 2 rings (SSSR count). The molecule has 0 heterocycles. The van der Waals surface area contributed by atoms with Gasteiger partial charge in [-0.2, -0.15) is 0 Å². The van der Waals surface area contributed by atoms with Crippen molar-refractivity contribution in [2.45, 2.75) is 91.8 Å². The molecule has 28 heavy (non-hydrogen) atoms. The normalized spacial score (nSPS) is 17.8. The zero-order chi connectivity index (χ0) is 21.3. The van der Waals surface area contributed by atoms with Crippen LogP contribution in [0.5, 0.6) is 0 Å². The van der Waals surface area contributed by atoms with Gasteiger partial charge in [-0.3, -0.25) is 0 Å². The predicted molar refractivity (Wildman–Crippen MR) is 127 cm³/mol. The summed E-state index contributed by atoms with van der Waals surface area (Å²) < 4.78 is 6.75. The van der Waals surface area contributed by atoms with E-state index in [-0.39, 0.29) is 10.5 Å². The van der Waals surface area contributed by atoms with E-state index < -0.39 is 8.32 Å². The first-order valence-electron chi connectivity index (χ1n) is 10.6. The highest BCUT2D eigenvalue weighted by Crippen LogP contribution is 2.43. The summed E-state index contributed by atoms with van der Waals surface area (Å²) in [5.74, 6) is 1.19. The second-order valence-corrected chi connectivity index (χ2v) is 15.6. The quantitative estimate of drug-likeness (QED) is 0.510. The van der Waals surface area contributed by atoms with Gasteiger partial charge in [-0.15, -0.1) is 0 Å². The fourth-order valence-electron chi connectivity index (χ4n) is 3.19. The van der Waals surface area contributed by atoms with Gasteiger partial charge in [0.2, 0.25) is 8.32 Å². The monoisotopic (exact) mass is 399 g/mol. The van der Waals surface area contributed by atoms with Gasteiger partial charge in [-0.1, -0.05) is 53.7 Å². The van der Waals surface area contributed by atoms with E-state index in [0.29, 0.717) is 0 Å². The third-order valence-electron chi connectivity index (χ3n) is 6.40. The highest BCUT2D eigenvalue weighted by atomic mass is 28.4. The van der Waals surface area contributed by atoms with E-state index in [1.54, 1.807) is 0 Å². The Labute approximate surface area is 174 Å². The maximum absolute atomic E-state index is 6.75. The summed E-state index contributed by atoms with van der Waals surface area (Å²) in [6, 6.07) is 8.86. The van der Waals surface area contributed by atoms with Crippen LogP contribution in [0.4, 0.5) is 5.69 Å². The lowest BCUT2D eigenvalue weighted by Gasteiger charge is -2.37. The molecule has 1 aliphatic carbocycles. The molecule has 1 N–H and O–H groups in total. The molecule has 156 valence electrons. The minimum Gasteiger partial charge on any atom is -0.543 e. The third kappa shape index (κ3) is 5.31. The molecule has 0 spiro atoms. The van der Waals surface area contributed by atoms with Crippen LogP contribution >= 0.6 is 0 Å². The van der Waals surface area contributed by atoms with E-state index in [4.69, 9.17) is 4.43 Å². The Balaban J connectivity index is 2.13. The van der Waals surface area contributed by atoms with Crippen molar-refractivity contribution in [1.29, 1.82) is 0 Å². The molecule has 0 saturated heterocycles. The average molecular weight is 400 g/mol. The van der Waals surface area contributed by atoms with E-state index in [9.17, 15) is 0 Å². The number of hydrogen-bond donors (Lipinski definition) is 1. The summed E-state index contributed by atoms with van der Waals surface area (Å²) in [7, 11) is -1.82. The first-order valence-corrected chi connectivity index (χ1v) is 13.6. The van der Waals surface area contributed by atoms with Crippen LogP contribution in [-0.2, 0) is 9.84 Å². The highest BCUT2D eigenvalue weighted by molar-refractivity contribution is 6.74. The van der Waals surface area contributed by atoms with Gasteiger partial charge >= 0.3 is 0 Å². The largest absolute Gasteiger partial charge is 0.543 e. The van der Waals surface area contributed by atoms with Gasteiger partial charge in [0.05, 0.1) is 0 Å². The van der Waals surface area contributed by atoms with Crippen LogP contribution in [0.1, 0.15) is 73.8 Å². The molecule has 3 heteroatoms. The summed E-state index contributed by atoms with van der Waals surface area (Å²) in [5, 5.41) is 3.82. The van der Waals surface area contributed by atoms with Crippen LogP contribution in [0.25, 0.3) is 0 Å². The van der Waals surface area contributed by atoms with Gasteiger partial charge in [0.15, 0.2) is 0 Å². The molecule has 0 aliphatic heterocycles. The van der Waals surface area contributed by atoms with Crippen LogP contribution in [0.2, 0.25) is 18.1 Å². The van der Waals surface area contributed by atoms with Crippen LogP contribution in [0.3, 0.4) is 0 Å². The van der Waals surface area contributed by atoms with Crippen molar-refractivity contribution in [2.75, 3.05) is 11.9 Å². The van der Waals surface area contributed by atoms with Crippen LogP contribution in [0.15, 0.2) is 46.7 Å². The van der Waals surface area contributed by atoms with E-state index in [0.717, 1.165) is 19.4 Å². The molecule has 0 aromatic heterocycles. The predicted octanol–water partition coefficient (Wildman–Crippen LogP) is 7.80. The number of rotatable bonds is 5. The number of nitrogens with one attached hydrogen (secondary N) is 1. The molecule has 0 bridgehead atoms. The van der Waals surface area contributed by atoms with Crippen molar-refractivity contribution in [1.82, 2.24) is 0 Å². The Kier molecular flexibility index (Phi) is 6.60. The molecular formula is C25H41NOSi. The van der Waals surface area contributed by atoms with E-state index in [2.05, 4.69) is 98.1 Å². The van der Waals surface area contributed by atoms with Crippen LogP contribution < -0.4 is 5.32 Å². The maximum atomic E-state index is 6.75. The number of anilines is 1. The SMILES string of the molecule is CC1=C(O[Si](C)(C)C(C)(C)C)/C(=C(/C)CNc2ccc(C(C)(C)C)cc2)CC1. The molecule has 0 radical (unpaired) electrons. The molecule has 0 fully saturated rings. The topological polar surface area (TPSA) is 21.3 Å². The highest BCUT2D eigenvalue weighted by Gasteiger charge is 2.40. The summed E-state index contributed by atoms with van der Waals surface area (Å²) >= 11 is 0. The molecule has 0 amide bonds. The maximum Gasteiger partial charge on any atom is 0.250 e. The lowest BCUT2D eigenvalue weighted by molar-refractivity contribution is 0.391. The van der Waals surface area contributed by atoms with Crippen LogP contribution in [-0.4, -0.2) is 14.9 Å². The van der Waals surface area contributed by atoms with Gasteiger partial charge < -0.3 is 9.74 Å². The molecule has 1 aliphatic rings. The minimum absolute atomic E-state index is 0.193. The Bertz CT molecular complexity index is 755. The molecular weight excluding hydrogens is 358 g/mol. The second-order valence-electron chi connectivity index (χ2n) is 10.9. The number of benzene rings is 1. The average Bonchev–Trinajstić information content (AvgIpc) is 2.91. The Hall–Kier alpha value is -1.48. The fourth-order valence-corrected chi connectivity index (χ4v) is 4.30. The number of allylic oxidation sites excluding steroid dienone is 2. The molecule has 0 unspecified atom stereocenters. The van der Waals surface area contributed by atoms with Gasteiger partial charge in [0.1, 0.15) is 5.76 Å². The van der Waals surface area contributed by atoms with Crippen molar-refractivity contribution in [3.05, 3.63) is 52.3 Å². The smallest absolute Gasteiger partial charge is 0.250 e. The summed E-state index contributed by atoms with van der Waals surface area (Å²) in [6.45, 7) is 23.7. The molecule has 1 aromatic rings. The van der Waals surface area contributed by atoms with Crippen LogP contribution in [0, 0.1) is 0 Å². The van der Waals surface area contributed by atoms with Crippen molar-refractivity contribution >= 4 is 14.0 Å². The first kappa shape index (κ1) is 22.8. The fraction of sp³-hybridized carbons (Fsp3) is 0.600. The van der Waals surface area contributed by atoms with E-state index in [1.165, 1.54) is 33.7 Å². The molecule has 0 saturated carbocycles. The van der Waals surface area contributed by atoms with Crippen molar-refractivity contribution < 1.29 is 4.43 Å². The second kappa shape index (κ2) is 8.10. The lowest BCUT2D eigenvalue weighted by atomic mass is 9.87. The van der Waals surface area contributed by atoms with Crippen molar-refractivity contribution in [3.63, 3.8) is 0 Å². The molecule has 1 aromatic carbocycles. The summed E-state index contributed by atoms with van der Waals surface area (Å²) in [5.41, 5.74) is 6.96. The van der Waals surface area contributed by atoms with Crippen molar-refractivity contribution in [2.24, 2.45) is 0 Å². The summed E-state index contributed by atoms with van der Waals surface area (Å²) in [4.78, 5) is 0. The number of hydrogen-bond acceptors (Lipinski definition) is 2. The van der Waals surface area contributed by atoms with Gasteiger partial charge in [-0.25, -0.2) is 0 Å². The van der Waals surface area contributed by atoms with E-state index >= 15 is 0 Å². The Morgan fingerprint density at radius 1 is 1.00 bits per heavy atom. The van der Waals surface area contributed by atoms with Gasteiger partial charge in [-0.05, 0) is 84.7 Å². The zero-order valence-electron chi connectivity index (χ0n) is 19.8. The van der Waals surface area contributed by atoms with Gasteiger partial charge in [0.25, 0.3) is 0 Å². The lowest BCUT2D eigenvalue weighted by Crippen LogP contribution is -2.40. The van der Waals surface area contributed by atoms with Crippen molar-refractivity contribution in [3.8, 4) is 0 Å². The van der Waals surface area contributed by atoms with Gasteiger partial charge in [0, 0.05) is 12.2 Å². The molecule has 0 atom stereocenters. The van der Waals surface area contributed by atoms with E-state index in [1.807, 2.05) is 0 Å². The Morgan fingerprint density at radius 2 is 1.57 bits per heavy atom. The standard InChI is InChI=1S/C25H41NOSi/c1-18-11-16-22(23(18)27-28(9,10)25(6,7)8)19(2)17-26-21-14-12-20(13-15-21)24(3,4)5/h12-15,26H,11,16-17H2,1-10H3/b22-19-. The minimum atomic E-state index is -1.82. The third-order valence-corrected chi connectivity index (χ3v) is 10.7.